The summed E-state index contributed by atoms with van der Waals surface area (Å²) < 4.78 is 26.9. The number of carbonyl (C=O) groups is 2. The number of hydrogen-bond donors (Lipinski definition) is 2. The van der Waals surface area contributed by atoms with Crippen LogP contribution in [0.3, 0.4) is 0 Å². The average molecular weight is 442 g/mol. The topological polar surface area (TPSA) is 132 Å². The van der Waals surface area contributed by atoms with Gasteiger partial charge in [-0.1, -0.05) is 0 Å². The van der Waals surface area contributed by atoms with Crippen LogP contribution in [-0.2, 0) is 19.6 Å². The first kappa shape index (κ1) is 22.4. The zero-order valence-corrected chi connectivity index (χ0v) is 17.6. The fourth-order valence-electron chi connectivity index (χ4n) is 3.31. The lowest BCUT2D eigenvalue weighted by Gasteiger charge is -2.30. The first-order valence-corrected chi connectivity index (χ1v) is 11.3. The summed E-state index contributed by atoms with van der Waals surface area (Å²) in [4.78, 5) is 28.3. The van der Waals surface area contributed by atoms with Crippen LogP contribution in [0.25, 0.3) is 0 Å². The molecule has 1 saturated heterocycles. The Morgan fingerprint density at radius 2 is 1.87 bits per heavy atom. The molecule has 10 heteroatoms. The smallest absolute Gasteiger partial charge is 0.243 e. The van der Waals surface area contributed by atoms with Crippen molar-refractivity contribution in [2.75, 3.05) is 25.0 Å². The number of anilines is 1. The maximum Gasteiger partial charge on any atom is 0.243 e. The fourth-order valence-corrected chi connectivity index (χ4v) is 4.78. The summed E-state index contributed by atoms with van der Waals surface area (Å²) in [5.41, 5.74) is 0.984. The standard InChI is InChI=1S/C21H23N5O4S/c22-14-16-3-5-19(6-4-16)31(29,30)26-12-8-17(9-13-26)21(28)24-11-7-20(27)25-18-2-1-10-23-15-18/h1-6,10,15,17H,7-9,11-13H2,(H,24,28)(H,25,27). The molecule has 0 aliphatic carbocycles. The van der Waals surface area contributed by atoms with Gasteiger partial charge < -0.3 is 10.6 Å². The third-order valence-electron chi connectivity index (χ3n) is 5.04. The molecule has 9 nitrogen and oxygen atoms in total. The molecule has 31 heavy (non-hydrogen) atoms. The third-order valence-corrected chi connectivity index (χ3v) is 6.96. The Morgan fingerprint density at radius 3 is 2.48 bits per heavy atom. The molecule has 0 unspecified atom stereocenters. The van der Waals surface area contributed by atoms with Crippen molar-refractivity contribution in [3.8, 4) is 6.07 Å². The summed E-state index contributed by atoms with van der Waals surface area (Å²) in [6.07, 6.45) is 4.09. The van der Waals surface area contributed by atoms with Gasteiger partial charge in [0.1, 0.15) is 0 Å². The van der Waals surface area contributed by atoms with Crippen molar-refractivity contribution in [1.82, 2.24) is 14.6 Å². The molecule has 0 atom stereocenters. The highest BCUT2D eigenvalue weighted by Gasteiger charge is 2.32. The number of hydrogen-bond acceptors (Lipinski definition) is 6. The van der Waals surface area contributed by atoms with Crippen molar-refractivity contribution < 1.29 is 18.0 Å². The van der Waals surface area contributed by atoms with Crippen LogP contribution >= 0.6 is 0 Å². The minimum Gasteiger partial charge on any atom is -0.355 e. The summed E-state index contributed by atoms with van der Waals surface area (Å²) in [5.74, 6) is -0.699. The highest BCUT2D eigenvalue weighted by molar-refractivity contribution is 7.89. The van der Waals surface area contributed by atoms with Crippen molar-refractivity contribution >= 4 is 27.5 Å². The third kappa shape index (κ3) is 5.87. The van der Waals surface area contributed by atoms with Crippen LogP contribution < -0.4 is 10.6 Å². The lowest BCUT2D eigenvalue weighted by molar-refractivity contribution is -0.126. The van der Waals surface area contributed by atoms with Crippen LogP contribution in [0, 0.1) is 17.2 Å². The Morgan fingerprint density at radius 1 is 1.16 bits per heavy atom. The largest absolute Gasteiger partial charge is 0.355 e. The van der Waals surface area contributed by atoms with E-state index in [9.17, 15) is 18.0 Å². The minimum atomic E-state index is -3.66. The number of nitrogens with zero attached hydrogens (tertiary/aromatic N) is 3. The Labute approximate surface area is 181 Å². The highest BCUT2D eigenvalue weighted by atomic mass is 32.2. The number of carbonyl (C=O) groups excluding carboxylic acids is 2. The molecule has 1 fully saturated rings. The number of nitriles is 1. The Bertz CT molecular complexity index is 1060. The van der Waals surface area contributed by atoms with E-state index in [2.05, 4.69) is 15.6 Å². The Kier molecular flexibility index (Phi) is 7.33. The number of sulfonamides is 1. The molecule has 0 saturated carbocycles. The van der Waals surface area contributed by atoms with Crippen LogP contribution in [0.15, 0.2) is 53.7 Å². The monoisotopic (exact) mass is 441 g/mol. The van der Waals surface area contributed by atoms with Crippen LogP contribution in [0.1, 0.15) is 24.8 Å². The molecule has 3 rings (SSSR count). The number of aromatic nitrogens is 1. The summed E-state index contributed by atoms with van der Waals surface area (Å²) >= 11 is 0. The SMILES string of the molecule is N#Cc1ccc(S(=O)(=O)N2CCC(C(=O)NCCC(=O)Nc3cccnc3)CC2)cc1. The van der Waals surface area contributed by atoms with E-state index in [1.165, 1.54) is 34.8 Å². The van der Waals surface area contributed by atoms with E-state index in [4.69, 9.17) is 5.26 Å². The number of piperidine rings is 1. The molecule has 0 bridgehead atoms. The zero-order valence-electron chi connectivity index (χ0n) is 16.8. The molecule has 0 spiro atoms. The van der Waals surface area contributed by atoms with E-state index in [1.807, 2.05) is 6.07 Å². The number of pyridine rings is 1. The second-order valence-corrected chi connectivity index (χ2v) is 9.08. The van der Waals surface area contributed by atoms with Crippen LogP contribution in [0.4, 0.5) is 5.69 Å². The average Bonchev–Trinajstić information content (AvgIpc) is 2.79. The van der Waals surface area contributed by atoms with Crippen LogP contribution in [-0.4, -0.2) is 49.2 Å². The number of rotatable bonds is 7. The van der Waals surface area contributed by atoms with Gasteiger partial charge >= 0.3 is 0 Å². The van der Waals surface area contributed by atoms with Gasteiger partial charge in [-0.25, -0.2) is 8.42 Å². The van der Waals surface area contributed by atoms with Gasteiger partial charge in [-0.15, -0.1) is 0 Å². The number of benzene rings is 1. The van der Waals surface area contributed by atoms with Gasteiger partial charge in [-0.05, 0) is 49.2 Å². The second-order valence-electron chi connectivity index (χ2n) is 7.15. The summed E-state index contributed by atoms with van der Waals surface area (Å²) in [5, 5.41) is 14.3. The predicted molar refractivity (Wildman–Crippen MR) is 113 cm³/mol. The molecule has 0 radical (unpaired) electrons. The minimum absolute atomic E-state index is 0.131. The van der Waals surface area contributed by atoms with Gasteiger partial charge in [0, 0.05) is 38.2 Å². The van der Waals surface area contributed by atoms with Gasteiger partial charge in [-0.3, -0.25) is 14.6 Å². The normalized spacial score (nSPS) is 15.1. The zero-order chi connectivity index (χ0) is 22.3. The second kappa shape index (κ2) is 10.1. The van der Waals surface area contributed by atoms with Crippen molar-refractivity contribution in [2.24, 2.45) is 5.92 Å². The van der Waals surface area contributed by atoms with E-state index < -0.39 is 10.0 Å². The van der Waals surface area contributed by atoms with Crippen molar-refractivity contribution in [2.45, 2.75) is 24.2 Å². The number of nitrogens with one attached hydrogen (secondary N) is 2. The van der Waals surface area contributed by atoms with Gasteiger partial charge in [-0.2, -0.15) is 9.57 Å². The first-order chi connectivity index (χ1) is 14.9. The van der Waals surface area contributed by atoms with E-state index in [-0.39, 0.29) is 48.7 Å². The van der Waals surface area contributed by atoms with Crippen molar-refractivity contribution in [3.05, 3.63) is 54.4 Å². The summed E-state index contributed by atoms with van der Waals surface area (Å²) in [7, 11) is -3.66. The van der Waals surface area contributed by atoms with Crippen molar-refractivity contribution in [1.29, 1.82) is 5.26 Å². The molecule has 1 aliphatic heterocycles. The molecule has 2 heterocycles. The summed E-state index contributed by atoms with van der Waals surface area (Å²) in [6, 6.07) is 11.2. The molecular weight excluding hydrogens is 418 g/mol. The highest BCUT2D eigenvalue weighted by Crippen LogP contribution is 2.24. The van der Waals surface area contributed by atoms with Gasteiger partial charge in [0.2, 0.25) is 21.8 Å². The summed E-state index contributed by atoms with van der Waals surface area (Å²) in [6.45, 7) is 0.679. The van der Waals surface area contributed by atoms with Gasteiger partial charge in [0.15, 0.2) is 0 Å². The van der Waals surface area contributed by atoms with Crippen LogP contribution in [0.5, 0.6) is 0 Å². The molecule has 1 aromatic heterocycles. The molecule has 2 amide bonds. The quantitative estimate of drug-likeness (QED) is 0.669. The van der Waals surface area contributed by atoms with E-state index in [0.29, 0.717) is 24.1 Å². The van der Waals surface area contributed by atoms with Gasteiger partial charge in [0.05, 0.1) is 28.4 Å². The molecule has 1 aliphatic rings. The molecule has 2 N–H and O–H groups in total. The lowest BCUT2D eigenvalue weighted by atomic mass is 9.97. The van der Waals surface area contributed by atoms with Gasteiger partial charge in [0.25, 0.3) is 0 Å². The predicted octanol–water partition coefficient (Wildman–Crippen LogP) is 1.50. The van der Waals surface area contributed by atoms with E-state index in [0.717, 1.165) is 0 Å². The van der Waals surface area contributed by atoms with E-state index in [1.54, 1.807) is 18.3 Å². The van der Waals surface area contributed by atoms with E-state index >= 15 is 0 Å². The maximum atomic E-state index is 12.8. The number of amides is 2. The van der Waals surface area contributed by atoms with Crippen molar-refractivity contribution in [3.63, 3.8) is 0 Å². The van der Waals surface area contributed by atoms with Crippen LogP contribution in [0.2, 0.25) is 0 Å². The maximum absolute atomic E-state index is 12.8. The molecule has 2 aromatic rings. The molecule has 162 valence electrons. The first-order valence-electron chi connectivity index (χ1n) is 9.88. The molecular formula is C21H23N5O4S. The Balaban J connectivity index is 1.44. The fraction of sp³-hybridized carbons (Fsp3) is 0.333. The lowest BCUT2D eigenvalue weighted by Crippen LogP contribution is -2.43. The Hall–Kier alpha value is -3.29. The molecule has 1 aromatic carbocycles.